The Morgan fingerprint density at radius 2 is 2.00 bits per heavy atom. The number of rotatable bonds is 4. The molecule has 0 saturated carbocycles. The first-order valence-corrected chi connectivity index (χ1v) is 7.00. The van der Waals surface area contributed by atoms with Gasteiger partial charge in [0, 0.05) is 5.56 Å². The summed E-state index contributed by atoms with van der Waals surface area (Å²) in [5, 5.41) is 12.9. The Morgan fingerprint density at radius 1 is 1.41 bits per heavy atom. The second-order valence-electron chi connectivity index (χ2n) is 3.63. The van der Waals surface area contributed by atoms with E-state index in [4.69, 9.17) is 27.9 Å². The van der Waals surface area contributed by atoms with Crippen molar-refractivity contribution in [3.63, 3.8) is 0 Å². The van der Waals surface area contributed by atoms with E-state index in [0.29, 0.717) is 35.2 Å². The topological polar surface area (TPSA) is 32.3 Å². The molecule has 94 valence electrons. The highest BCUT2D eigenvalue weighted by Gasteiger charge is 2.11. The van der Waals surface area contributed by atoms with E-state index in [1.165, 1.54) is 7.11 Å². The molecule has 0 aromatic heterocycles. The molecule has 1 unspecified atom stereocenters. The number of hydrogen-bond acceptors (Lipinski definition) is 2. The maximum absolute atomic E-state index is 12.1. The van der Waals surface area contributed by atoms with E-state index in [9.17, 15) is 5.11 Å². The van der Waals surface area contributed by atoms with Crippen LogP contribution in [0.1, 0.15) is 25.8 Å². The van der Waals surface area contributed by atoms with Crippen LogP contribution in [0.15, 0.2) is 12.1 Å². The lowest BCUT2D eigenvalue weighted by molar-refractivity contribution is -0.207. The van der Waals surface area contributed by atoms with Crippen molar-refractivity contribution in [2.24, 2.45) is 0 Å². The quantitative estimate of drug-likeness (QED) is 0.794. The fraction of sp³-hybridized carbons (Fsp3) is 0.417. The van der Waals surface area contributed by atoms with Gasteiger partial charge in [-0.05, 0) is 24.2 Å². The lowest BCUT2D eigenvalue weighted by Gasteiger charge is -2.19. The van der Waals surface area contributed by atoms with E-state index in [1.54, 1.807) is 12.1 Å². The van der Waals surface area contributed by atoms with Crippen LogP contribution in [0.2, 0.25) is 10.0 Å². The number of ether oxygens (including phenoxy) is 1. The van der Waals surface area contributed by atoms with E-state index in [-0.39, 0.29) is 5.48 Å². The molecule has 0 aliphatic heterocycles. The van der Waals surface area contributed by atoms with Gasteiger partial charge in [0.2, 0.25) is 0 Å². The average molecular weight is 292 g/mol. The molecule has 0 aliphatic rings. The van der Waals surface area contributed by atoms with Gasteiger partial charge in [-0.2, -0.15) is 0 Å². The third-order valence-corrected chi connectivity index (χ3v) is 4.28. The third kappa shape index (κ3) is 3.59. The van der Waals surface area contributed by atoms with Gasteiger partial charge in [0.05, 0.1) is 17.2 Å². The Hall–Kier alpha value is -0.270. The molecule has 17 heavy (non-hydrogen) atoms. The minimum Gasteiger partial charge on any atom is -0.823 e. The molecule has 1 rings (SSSR count). The molecule has 0 N–H and O–H groups in total. The summed E-state index contributed by atoms with van der Waals surface area (Å²) in [6, 6.07) is 3.24. The fourth-order valence-corrected chi connectivity index (χ4v) is 2.76. The van der Waals surface area contributed by atoms with Crippen molar-refractivity contribution >= 4 is 36.9 Å². The van der Waals surface area contributed by atoms with E-state index in [2.05, 4.69) is 0 Å². The summed E-state index contributed by atoms with van der Waals surface area (Å²) in [4.78, 5) is 0. The Kier molecular flexibility index (Phi) is 5.75. The molecular formula is C12H14Cl2O2P-. The van der Waals surface area contributed by atoms with Gasteiger partial charge in [0.15, 0.2) is 0 Å². The molecule has 0 amide bonds. The van der Waals surface area contributed by atoms with E-state index >= 15 is 0 Å². The van der Waals surface area contributed by atoms with Crippen LogP contribution in [0.4, 0.5) is 0 Å². The van der Waals surface area contributed by atoms with Gasteiger partial charge in [0.1, 0.15) is 5.75 Å². The Balaban J connectivity index is 3.29. The maximum atomic E-state index is 12.1. The van der Waals surface area contributed by atoms with Crippen molar-refractivity contribution in [2.75, 3.05) is 7.11 Å². The van der Waals surface area contributed by atoms with Crippen molar-refractivity contribution in [2.45, 2.75) is 25.9 Å². The van der Waals surface area contributed by atoms with E-state index < -0.39 is 0 Å². The van der Waals surface area contributed by atoms with Crippen molar-refractivity contribution in [1.29, 1.82) is 0 Å². The number of methoxy groups -OCH3 is 1. The molecule has 0 radical (unpaired) electrons. The smallest absolute Gasteiger partial charge is 0.145 e. The monoisotopic (exact) mass is 291 g/mol. The summed E-state index contributed by atoms with van der Waals surface area (Å²) in [5.41, 5.74) is 0.620. The zero-order valence-electron chi connectivity index (χ0n) is 9.96. The lowest BCUT2D eigenvalue weighted by Crippen LogP contribution is -2.19. The van der Waals surface area contributed by atoms with Crippen LogP contribution in [0.3, 0.4) is 0 Å². The van der Waals surface area contributed by atoms with Crippen LogP contribution >= 0.6 is 31.4 Å². The molecule has 0 heterocycles. The largest absolute Gasteiger partial charge is 0.823 e. The zero-order chi connectivity index (χ0) is 13.0. The molecule has 1 aromatic carbocycles. The van der Waals surface area contributed by atoms with Gasteiger partial charge in [-0.15, -0.1) is 13.7 Å². The fourth-order valence-electron chi connectivity index (χ4n) is 1.29. The third-order valence-electron chi connectivity index (χ3n) is 2.41. The first kappa shape index (κ1) is 14.8. The van der Waals surface area contributed by atoms with Crippen molar-refractivity contribution in [3.8, 4) is 5.75 Å². The summed E-state index contributed by atoms with van der Waals surface area (Å²) in [6.07, 6.45) is 0.938. The van der Waals surface area contributed by atoms with Crippen LogP contribution < -0.4 is 9.84 Å². The molecule has 0 aliphatic carbocycles. The second-order valence-corrected chi connectivity index (χ2v) is 5.99. The first-order valence-electron chi connectivity index (χ1n) is 5.28. The molecule has 0 spiro atoms. The molecule has 2 nitrogen and oxygen atoms in total. The van der Waals surface area contributed by atoms with Gasteiger partial charge < -0.3 is 9.84 Å². The molecule has 0 saturated heterocycles. The molecule has 1 atom stereocenters. The maximum Gasteiger partial charge on any atom is 0.145 e. The summed E-state index contributed by atoms with van der Waals surface area (Å²) >= 11 is 12.0. The van der Waals surface area contributed by atoms with Crippen LogP contribution in [-0.2, 0) is 0 Å². The Labute approximate surface area is 113 Å². The van der Waals surface area contributed by atoms with Crippen molar-refractivity contribution < 1.29 is 9.84 Å². The van der Waals surface area contributed by atoms with Crippen LogP contribution in [0.25, 0.3) is 0 Å². The van der Waals surface area contributed by atoms with E-state index in [0.717, 1.165) is 6.42 Å². The molecule has 5 heteroatoms. The summed E-state index contributed by atoms with van der Waals surface area (Å²) in [7, 11) is 2.20. The molecular weight excluding hydrogens is 278 g/mol. The van der Waals surface area contributed by atoms with Gasteiger partial charge >= 0.3 is 0 Å². The predicted molar refractivity (Wildman–Crippen MR) is 73.8 cm³/mol. The highest BCUT2D eigenvalue weighted by molar-refractivity contribution is 7.41. The number of hydrogen-bond donors (Lipinski definition) is 0. The summed E-state index contributed by atoms with van der Waals surface area (Å²) in [6.45, 7) is 4.06. The van der Waals surface area contributed by atoms with Crippen LogP contribution in [-0.4, -0.2) is 18.2 Å². The number of halogens is 2. The van der Waals surface area contributed by atoms with E-state index in [1.807, 2.05) is 13.8 Å². The zero-order valence-corrected chi connectivity index (χ0v) is 12.4. The van der Waals surface area contributed by atoms with Crippen LogP contribution in [0, 0.1) is 0 Å². The predicted octanol–water partition coefficient (Wildman–Crippen LogP) is 3.59. The lowest BCUT2D eigenvalue weighted by atomic mass is 10.2. The number of benzene rings is 1. The van der Waals surface area contributed by atoms with Crippen LogP contribution in [0.5, 0.6) is 5.75 Å². The average Bonchev–Trinajstić information content (AvgIpc) is 2.31. The molecule has 0 fully saturated rings. The van der Waals surface area contributed by atoms with Crippen molar-refractivity contribution in [3.05, 3.63) is 27.7 Å². The first-order chi connectivity index (χ1) is 8.01. The summed E-state index contributed by atoms with van der Waals surface area (Å²) in [5.74, 6) is 0.361. The van der Waals surface area contributed by atoms with Gasteiger partial charge in [-0.1, -0.05) is 37.0 Å². The second kappa shape index (κ2) is 6.61. The summed E-state index contributed by atoms with van der Waals surface area (Å²) < 4.78 is 5.15. The standard InChI is InChI=1S/C12H15Cl2O2P/c1-4-7(2)17-12(15)10-8(13)5-6-9(14)11(10)16-3/h5-7,15H,4H2,1-3H3/p-1. The van der Waals surface area contributed by atoms with Gasteiger partial charge in [-0.3, -0.25) is 0 Å². The normalized spacial score (nSPS) is 13.6. The molecule has 0 bridgehead atoms. The van der Waals surface area contributed by atoms with Crippen molar-refractivity contribution in [1.82, 2.24) is 0 Å². The minimum absolute atomic E-state index is 0.0521. The van der Waals surface area contributed by atoms with Gasteiger partial charge in [0.25, 0.3) is 0 Å². The highest BCUT2D eigenvalue weighted by Crippen LogP contribution is 2.35. The SMILES string of the molecule is CCC(C)P=C([O-])c1c(Cl)ccc(Cl)c1OC. The molecule has 1 aromatic rings. The highest BCUT2D eigenvalue weighted by atomic mass is 35.5. The van der Waals surface area contributed by atoms with Gasteiger partial charge in [-0.25, -0.2) is 0 Å². The Bertz CT molecular complexity index is 433. The minimum atomic E-state index is -0.0521. The Morgan fingerprint density at radius 3 is 2.53 bits per heavy atom.